The summed E-state index contributed by atoms with van der Waals surface area (Å²) >= 11 is 0. The van der Waals surface area contributed by atoms with E-state index in [1.165, 1.54) is 0 Å². The molecule has 0 aliphatic heterocycles. The van der Waals surface area contributed by atoms with Crippen molar-refractivity contribution in [3.8, 4) is 0 Å². The van der Waals surface area contributed by atoms with Gasteiger partial charge in [-0.05, 0) is 27.4 Å². The molecule has 0 spiro atoms. The SMILES string of the molecule is CCCc1cc(NCC)nc(CN(C)C)n1. The van der Waals surface area contributed by atoms with Crippen LogP contribution in [0.3, 0.4) is 0 Å². The van der Waals surface area contributed by atoms with E-state index in [2.05, 4.69) is 34.0 Å². The largest absolute Gasteiger partial charge is 0.370 e. The van der Waals surface area contributed by atoms with Crippen molar-refractivity contribution < 1.29 is 0 Å². The fourth-order valence-electron chi connectivity index (χ4n) is 1.56. The molecule has 1 N–H and O–H groups in total. The molecule has 1 heterocycles. The second kappa shape index (κ2) is 6.43. The van der Waals surface area contributed by atoms with E-state index in [0.29, 0.717) is 0 Å². The monoisotopic (exact) mass is 222 g/mol. The molecule has 0 radical (unpaired) electrons. The van der Waals surface area contributed by atoms with Crippen LogP contribution >= 0.6 is 0 Å². The summed E-state index contributed by atoms with van der Waals surface area (Å²) in [6, 6.07) is 2.05. The minimum Gasteiger partial charge on any atom is -0.370 e. The predicted molar refractivity (Wildman–Crippen MR) is 67.6 cm³/mol. The van der Waals surface area contributed by atoms with Gasteiger partial charge in [0.05, 0.1) is 6.54 Å². The fourth-order valence-corrected chi connectivity index (χ4v) is 1.56. The van der Waals surface area contributed by atoms with Crippen molar-refractivity contribution in [2.75, 3.05) is 26.0 Å². The molecule has 0 saturated heterocycles. The van der Waals surface area contributed by atoms with Crippen molar-refractivity contribution >= 4 is 5.82 Å². The van der Waals surface area contributed by atoms with Gasteiger partial charge >= 0.3 is 0 Å². The maximum atomic E-state index is 4.55. The first-order valence-electron chi connectivity index (χ1n) is 5.91. The Bertz CT molecular complexity index is 299. The third kappa shape index (κ3) is 4.14. The Balaban J connectivity index is 2.88. The average molecular weight is 222 g/mol. The molecule has 4 nitrogen and oxygen atoms in total. The molecule has 0 saturated carbocycles. The molecule has 90 valence electrons. The lowest BCUT2D eigenvalue weighted by atomic mass is 10.2. The van der Waals surface area contributed by atoms with Crippen LogP contribution in [0.15, 0.2) is 6.07 Å². The molecule has 0 aliphatic rings. The number of nitrogens with one attached hydrogen (secondary N) is 1. The van der Waals surface area contributed by atoms with Crippen LogP contribution in [0.2, 0.25) is 0 Å². The Labute approximate surface area is 98.1 Å². The minimum atomic E-state index is 0.788. The first-order chi connectivity index (χ1) is 7.65. The predicted octanol–water partition coefficient (Wildman–Crippen LogP) is 1.92. The van der Waals surface area contributed by atoms with Gasteiger partial charge in [-0.2, -0.15) is 0 Å². The van der Waals surface area contributed by atoms with E-state index in [9.17, 15) is 0 Å². The zero-order valence-corrected chi connectivity index (χ0v) is 10.7. The van der Waals surface area contributed by atoms with Crippen LogP contribution in [0.25, 0.3) is 0 Å². The van der Waals surface area contributed by atoms with Gasteiger partial charge in [0.2, 0.25) is 0 Å². The van der Waals surface area contributed by atoms with Gasteiger partial charge in [0.15, 0.2) is 0 Å². The second-order valence-electron chi connectivity index (χ2n) is 4.18. The zero-order chi connectivity index (χ0) is 12.0. The Kier molecular flexibility index (Phi) is 5.19. The van der Waals surface area contributed by atoms with E-state index in [0.717, 1.165) is 43.3 Å². The van der Waals surface area contributed by atoms with E-state index in [1.54, 1.807) is 0 Å². The van der Waals surface area contributed by atoms with Gasteiger partial charge in [-0.1, -0.05) is 13.3 Å². The molecule has 4 heteroatoms. The summed E-state index contributed by atoms with van der Waals surface area (Å²) < 4.78 is 0. The maximum Gasteiger partial charge on any atom is 0.144 e. The zero-order valence-electron chi connectivity index (χ0n) is 10.7. The average Bonchev–Trinajstić information content (AvgIpc) is 2.17. The molecule has 1 aromatic heterocycles. The molecule has 0 fully saturated rings. The van der Waals surface area contributed by atoms with Gasteiger partial charge in [0.1, 0.15) is 11.6 Å². The summed E-state index contributed by atoms with van der Waals surface area (Å²) in [5, 5.41) is 3.25. The third-order valence-electron chi connectivity index (χ3n) is 2.15. The van der Waals surface area contributed by atoms with Crippen molar-refractivity contribution in [2.24, 2.45) is 0 Å². The molecule has 0 bridgehead atoms. The summed E-state index contributed by atoms with van der Waals surface area (Å²) in [5.41, 5.74) is 1.13. The fraction of sp³-hybridized carbons (Fsp3) is 0.667. The highest BCUT2D eigenvalue weighted by atomic mass is 15.1. The van der Waals surface area contributed by atoms with Crippen LogP contribution in [-0.2, 0) is 13.0 Å². The Morgan fingerprint density at radius 1 is 1.25 bits per heavy atom. The summed E-state index contributed by atoms with van der Waals surface area (Å²) in [7, 11) is 4.06. The number of aryl methyl sites for hydroxylation is 1. The topological polar surface area (TPSA) is 41.1 Å². The summed E-state index contributed by atoms with van der Waals surface area (Å²) in [6.45, 7) is 5.92. The molecule has 16 heavy (non-hydrogen) atoms. The molecule has 0 aromatic carbocycles. The van der Waals surface area contributed by atoms with Gasteiger partial charge in [0.25, 0.3) is 0 Å². The lowest BCUT2D eigenvalue weighted by molar-refractivity contribution is 0.390. The first kappa shape index (κ1) is 12.9. The highest BCUT2D eigenvalue weighted by Crippen LogP contribution is 2.09. The van der Waals surface area contributed by atoms with E-state index in [4.69, 9.17) is 0 Å². The summed E-state index contributed by atoms with van der Waals surface area (Å²) in [5.74, 6) is 1.84. The molecule has 0 amide bonds. The lowest BCUT2D eigenvalue weighted by Crippen LogP contribution is -2.15. The molecule has 0 atom stereocenters. The van der Waals surface area contributed by atoms with Gasteiger partial charge in [-0.25, -0.2) is 9.97 Å². The van der Waals surface area contributed by atoms with Gasteiger partial charge in [0, 0.05) is 18.3 Å². The smallest absolute Gasteiger partial charge is 0.144 e. The van der Waals surface area contributed by atoms with E-state index in [-0.39, 0.29) is 0 Å². The molecule has 1 aromatic rings. The van der Waals surface area contributed by atoms with Crippen molar-refractivity contribution in [3.63, 3.8) is 0 Å². The second-order valence-corrected chi connectivity index (χ2v) is 4.18. The standard InChI is InChI=1S/C12H22N4/c1-5-7-10-8-11(13-6-2)15-12(14-10)9-16(3)4/h8H,5-7,9H2,1-4H3,(H,13,14,15). The molecular formula is C12H22N4. The highest BCUT2D eigenvalue weighted by molar-refractivity contribution is 5.35. The van der Waals surface area contributed by atoms with Gasteiger partial charge in [-0.15, -0.1) is 0 Å². The molecule has 0 aliphatic carbocycles. The number of aromatic nitrogens is 2. The van der Waals surface area contributed by atoms with Crippen LogP contribution < -0.4 is 5.32 Å². The van der Waals surface area contributed by atoms with E-state index < -0.39 is 0 Å². The summed E-state index contributed by atoms with van der Waals surface area (Å²) in [4.78, 5) is 11.1. The van der Waals surface area contributed by atoms with Crippen LogP contribution in [-0.4, -0.2) is 35.5 Å². The first-order valence-corrected chi connectivity index (χ1v) is 5.91. The van der Waals surface area contributed by atoms with Crippen LogP contribution in [0.5, 0.6) is 0 Å². The van der Waals surface area contributed by atoms with Crippen LogP contribution in [0.4, 0.5) is 5.82 Å². The Morgan fingerprint density at radius 2 is 2.00 bits per heavy atom. The molecule has 0 unspecified atom stereocenters. The lowest BCUT2D eigenvalue weighted by Gasteiger charge is -2.11. The van der Waals surface area contributed by atoms with Gasteiger partial charge < -0.3 is 10.2 Å². The van der Waals surface area contributed by atoms with E-state index >= 15 is 0 Å². The third-order valence-corrected chi connectivity index (χ3v) is 2.15. The number of hydrogen-bond donors (Lipinski definition) is 1. The minimum absolute atomic E-state index is 0.788. The molecule has 1 rings (SSSR count). The number of hydrogen-bond acceptors (Lipinski definition) is 4. The van der Waals surface area contributed by atoms with Crippen molar-refractivity contribution in [2.45, 2.75) is 33.2 Å². The van der Waals surface area contributed by atoms with Crippen LogP contribution in [0.1, 0.15) is 31.8 Å². The summed E-state index contributed by atoms with van der Waals surface area (Å²) in [6.07, 6.45) is 2.13. The van der Waals surface area contributed by atoms with E-state index in [1.807, 2.05) is 20.2 Å². The number of anilines is 1. The molecular weight excluding hydrogens is 200 g/mol. The van der Waals surface area contributed by atoms with Gasteiger partial charge in [-0.3, -0.25) is 0 Å². The van der Waals surface area contributed by atoms with Crippen LogP contribution in [0, 0.1) is 0 Å². The number of rotatable bonds is 6. The number of nitrogens with zero attached hydrogens (tertiary/aromatic N) is 3. The Hall–Kier alpha value is -1.16. The van der Waals surface area contributed by atoms with Crippen molar-refractivity contribution in [1.29, 1.82) is 0 Å². The highest BCUT2D eigenvalue weighted by Gasteiger charge is 2.04. The Morgan fingerprint density at radius 3 is 2.56 bits per heavy atom. The van der Waals surface area contributed by atoms with Crippen molar-refractivity contribution in [1.82, 2.24) is 14.9 Å². The quantitative estimate of drug-likeness (QED) is 0.798. The normalized spacial score (nSPS) is 10.8. The maximum absolute atomic E-state index is 4.55. The van der Waals surface area contributed by atoms with Crippen molar-refractivity contribution in [3.05, 3.63) is 17.6 Å².